The number of rotatable bonds is 7. The number of hydrogen-bond acceptors (Lipinski definition) is 6. The van der Waals surface area contributed by atoms with Crippen LogP contribution in [-0.4, -0.2) is 84.1 Å². The van der Waals surface area contributed by atoms with E-state index in [1.54, 1.807) is 0 Å². The fourth-order valence-electron chi connectivity index (χ4n) is 5.87. The first-order chi connectivity index (χ1) is 17.6. The van der Waals surface area contributed by atoms with Crippen LogP contribution in [0, 0.1) is 0 Å². The summed E-state index contributed by atoms with van der Waals surface area (Å²) in [7, 11) is 0. The lowest BCUT2D eigenvalue weighted by Crippen LogP contribution is -2.55. The van der Waals surface area contributed by atoms with Gasteiger partial charge in [-0.1, -0.05) is 60.7 Å². The Hall–Kier alpha value is -2.29. The quantitative estimate of drug-likeness (QED) is 0.618. The molecule has 0 aliphatic carbocycles. The minimum Gasteiger partial charge on any atom is -0.389 e. The largest absolute Gasteiger partial charge is 0.389 e. The van der Waals surface area contributed by atoms with Crippen LogP contribution in [-0.2, 0) is 27.4 Å². The van der Waals surface area contributed by atoms with Crippen LogP contribution < -0.4 is 5.32 Å². The van der Waals surface area contributed by atoms with Crippen LogP contribution in [0.3, 0.4) is 0 Å². The Kier molecular flexibility index (Phi) is 8.67. The summed E-state index contributed by atoms with van der Waals surface area (Å²) >= 11 is 0. The minimum atomic E-state index is -0.508. The fraction of sp³-hybridized carbons (Fsp3) is 0.552. The maximum Gasteiger partial charge on any atom is 0.222 e. The summed E-state index contributed by atoms with van der Waals surface area (Å²) in [5, 5.41) is 13.6. The molecule has 3 heterocycles. The van der Waals surface area contributed by atoms with Gasteiger partial charge in [-0.3, -0.25) is 14.6 Å². The predicted molar refractivity (Wildman–Crippen MR) is 138 cm³/mol. The predicted octanol–water partition coefficient (Wildman–Crippen LogP) is 2.58. The molecule has 3 aliphatic heterocycles. The molecule has 3 saturated heterocycles. The Labute approximate surface area is 214 Å². The van der Waals surface area contributed by atoms with Crippen LogP contribution in [0.25, 0.3) is 0 Å². The Morgan fingerprint density at radius 1 is 0.917 bits per heavy atom. The van der Waals surface area contributed by atoms with Gasteiger partial charge >= 0.3 is 0 Å². The number of carbonyl (C=O) groups excluding carboxylic acids is 1. The van der Waals surface area contributed by atoms with Crippen molar-refractivity contribution in [1.82, 2.24) is 15.1 Å². The highest BCUT2D eigenvalue weighted by Crippen LogP contribution is 2.29. The van der Waals surface area contributed by atoms with Gasteiger partial charge in [-0.05, 0) is 30.4 Å². The number of nitrogens with zero attached hydrogens (tertiary/aromatic N) is 2. The summed E-state index contributed by atoms with van der Waals surface area (Å²) in [6, 6.07) is 21.2. The van der Waals surface area contributed by atoms with E-state index in [0.29, 0.717) is 26.2 Å². The molecule has 5 atom stereocenters. The summed E-state index contributed by atoms with van der Waals surface area (Å²) in [4.78, 5) is 17.6. The lowest BCUT2D eigenvalue weighted by Gasteiger charge is -2.44. The van der Waals surface area contributed by atoms with Crippen molar-refractivity contribution in [3.8, 4) is 0 Å². The number of hydrogen-bond donors (Lipinski definition) is 2. The smallest absolute Gasteiger partial charge is 0.222 e. The third-order valence-corrected chi connectivity index (χ3v) is 7.62. The van der Waals surface area contributed by atoms with Gasteiger partial charge in [0.25, 0.3) is 0 Å². The van der Waals surface area contributed by atoms with Crippen molar-refractivity contribution in [2.24, 2.45) is 0 Å². The zero-order valence-electron chi connectivity index (χ0n) is 21.0. The van der Waals surface area contributed by atoms with E-state index in [0.717, 1.165) is 45.4 Å². The third-order valence-electron chi connectivity index (χ3n) is 7.62. The second-order valence-electron chi connectivity index (χ2n) is 10.5. The molecule has 1 amide bonds. The van der Waals surface area contributed by atoms with Gasteiger partial charge in [-0.2, -0.15) is 0 Å². The van der Waals surface area contributed by atoms with Gasteiger partial charge in [-0.25, -0.2) is 0 Å². The van der Waals surface area contributed by atoms with Crippen molar-refractivity contribution in [2.75, 3.05) is 32.8 Å². The van der Waals surface area contributed by atoms with Crippen LogP contribution in [0.1, 0.15) is 36.8 Å². The average molecular weight is 494 g/mol. The number of nitrogens with one attached hydrogen (secondary N) is 1. The fourth-order valence-corrected chi connectivity index (χ4v) is 5.87. The van der Waals surface area contributed by atoms with E-state index in [2.05, 4.69) is 51.5 Å². The number of likely N-dealkylation sites (tertiary alicyclic amines) is 1. The van der Waals surface area contributed by atoms with Gasteiger partial charge < -0.3 is 19.9 Å². The molecule has 2 aromatic carbocycles. The first-order valence-electron chi connectivity index (χ1n) is 13.4. The van der Waals surface area contributed by atoms with Gasteiger partial charge in [0.15, 0.2) is 0 Å². The van der Waals surface area contributed by atoms with E-state index in [9.17, 15) is 9.90 Å². The SMILES string of the molecule is O=C(C[C@H]1CC[C@@H]2[C@H](COC[C@@H](O)CN2Cc2ccccc2)O1)N[C@@H]1CCN(Cc2ccccc2)C1. The molecule has 3 fully saturated rings. The monoisotopic (exact) mass is 493 g/mol. The van der Waals surface area contributed by atoms with Crippen molar-refractivity contribution >= 4 is 5.91 Å². The van der Waals surface area contributed by atoms with Gasteiger partial charge in [0.2, 0.25) is 5.91 Å². The molecule has 5 rings (SSSR count). The van der Waals surface area contributed by atoms with E-state index in [4.69, 9.17) is 9.47 Å². The number of carbonyl (C=O) groups is 1. The summed E-state index contributed by atoms with van der Waals surface area (Å²) in [5.74, 6) is 0.0772. The molecule has 2 aromatic rings. The number of β-amino-alcohol motifs (C(OH)–C–C–N with tert-alkyl or cyclic N) is 1. The minimum absolute atomic E-state index is 0.0772. The van der Waals surface area contributed by atoms with Crippen molar-refractivity contribution in [1.29, 1.82) is 0 Å². The summed E-state index contributed by atoms with van der Waals surface area (Å²) in [5.41, 5.74) is 2.54. The zero-order chi connectivity index (χ0) is 24.7. The normalized spacial score (nSPS) is 29.8. The van der Waals surface area contributed by atoms with Crippen molar-refractivity contribution in [2.45, 2.75) is 69.2 Å². The van der Waals surface area contributed by atoms with Crippen LogP contribution in [0.5, 0.6) is 0 Å². The first-order valence-corrected chi connectivity index (χ1v) is 13.4. The van der Waals surface area contributed by atoms with Crippen molar-refractivity contribution in [3.63, 3.8) is 0 Å². The molecule has 194 valence electrons. The first kappa shape index (κ1) is 25.4. The molecule has 0 radical (unpaired) electrons. The topological polar surface area (TPSA) is 74.3 Å². The second-order valence-corrected chi connectivity index (χ2v) is 10.5. The molecule has 7 heteroatoms. The summed E-state index contributed by atoms with van der Waals surface area (Å²) < 4.78 is 12.2. The highest BCUT2D eigenvalue weighted by atomic mass is 16.5. The molecular formula is C29H39N3O4. The summed E-state index contributed by atoms with van der Waals surface area (Å²) in [6.07, 6.45) is 2.44. The van der Waals surface area contributed by atoms with Crippen LogP contribution >= 0.6 is 0 Å². The number of aliphatic hydroxyl groups is 1. The number of amides is 1. The highest BCUT2D eigenvalue weighted by molar-refractivity contribution is 5.76. The Morgan fingerprint density at radius 3 is 2.39 bits per heavy atom. The van der Waals surface area contributed by atoms with E-state index >= 15 is 0 Å². The van der Waals surface area contributed by atoms with Crippen LogP contribution in [0.4, 0.5) is 0 Å². The van der Waals surface area contributed by atoms with Gasteiger partial charge in [0.1, 0.15) is 0 Å². The van der Waals surface area contributed by atoms with Crippen LogP contribution in [0.15, 0.2) is 60.7 Å². The molecule has 0 spiro atoms. The van der Waals surface area contributed by atoms with Crippen molar-refractivity contribution in [3.05, 3.63) is 71.8 Å². The molecular weight excluding hydrogens is 454 g/mol. The average Bonchev–Trinajstić information content (AvgIpc) is 3.30. The second kappa shape index (κ2) is 12.3. The maximum absolute atomic E-state index is 12.9. The molecule has 0 bridgehead atoms. The third kappa shape index (κ3) is 6.93. The molecule has 7 nitrogen and oxygen atoms in total. The zero-order valence-corrected chi connectivity index (χ0v) is 21.0. The molecule has 0 aromatic heterocycles. The van der Waals surface area contributed by atoms with Gasteiger partial charge in [0, 0.05) is 44.8 Å². The van der Waals surface area contributed by atoms with Gasteiger partial charge in [-0.15, -0.1) is 0 Å². The van der Waals surface area contributed by atoms with E-state index in [1.165, 1.54) is 11.1 Å². The Bertz CT molecular complexity index is 960. The molecule has 3 aliphatic rings. The molecule has 0 unspecified atom stereocenters. The number of ether oxygens (including phenoxy) is 2. The molecule has 36 heavy (non-hydrogen) atoms. The van der Waals surface area contributed by atoms with E-state index in [1.807, 2.05) is 24.3 Å². The lowest BCUT2D eigenvalue weighted by molar-refractivity contribution is -0.158. The number of aliphatic hydroxyl groups excluding tert-OH is 1. The highest BCUT2D eigenvalue weighted by Gasteiger charge is 2.38. The Morgan fingerprint density at radius 2 is 1.64 bits per heavy atom. The van der Waals surface area contributed by atoms with Gasteiger partial charge in [0.05, 0.1) is 37.9 Å². The van der Waals surface area contributed by atoms with Crippen molar-refractivity contribution < 1.29 is 19.4 Å². The molecule has 0 saturated carbocycles. The number of fused-ring (bicyclic) bond motifs is 1. The lowest BCUT2D eigenvalue weighted by atomic mass is 9.94. The summed E-state index contributed by atoms with van der Waals surface area (Å²) in [6.45, 7) is 4.91. The maximum atomic E-state index is 12.9. The number of benzene rings is 2. The van der Waals surface area contributed by atoms with E-state index < -0.39 is 6.10 Å². The standard InChI is InChI=1S/C29H39N3O4/c33-25-19-32(17-23-9-5-2-6-10-23)27-12-11-26(36-28(27)21-35-20-25)15-29(34)30-24-13-14-31(18-24)16-22-7-3-1-4-8-22/h1-10,24-28,33H,11-21H2,(H,30,34)/t24-,25+,26-,27-,28+/m1/s1. The van der Waals surface area contributed by atoms with Crippen LogP contribution in [0.2, 0.25) is 0 Å². The Balaban J connectivity index is 1.11. The molecule has 2 N–H and O–H groups in total. The van der Waals surface area contributed by atoms with E-state index in [-0.39, 0.29) is 30.2 Å².